The Kier molecular flexibility index (Phi) is 12.1. The predicted molar refractivity (Wildman–Crippen MR) is 217 cm³/mol. The first kappa shape index (κ1) is 40.6. The number of aliphatic hydroxyl groups excluding tert-OH is 1. The van der Waals surface area contributed by atoms with E-state index in [1.54, 1.807) is 35.0 Å². The summed E-state index contributed by atoms with van der Waals surface area (Å²) in [6.07, 6.45) is 9.25. The maximum Gasteiger partial charge on any atom is 0.326 e. The van der Waals surface area contributed by atoms with Crippen molar-refractivity contribution < 1.29 is 38.9 Å². The third kappa shape index (κ3) is 9.18. The Morgan fingerprint density at radius 1 is 1.00 bits per heavy atom. The van der Waals surface area contributed by atoms with Gasteiger partial charge in [-0.05, 0) is 49.7 Å². The van der Waals surface area contributed by atoms with Crippen LogP contribution in [-0.4, -0.2) is 133 Å². The summed E-state index contributed by atoms with van der Waals surface area (Å²) in [4.78, 5) is 40.2. The van der Waals surface area contributed by atoms with E-state index >= 15 is 0 Å². The standard InChI is InChI=1S/C43H54N8O8/c1-26(2)39(41(54)51-24-29(52)18-35(51)42(55)56)37-21-38(47-59-37)49-15-9-27(10-16-49)22-48-13-11-30(12-14-48)58-32-19-31(20-32)57-17-5-6-28-23-50-25-34(45-43(50)46-40(28)44)33-7-3-4-8-36(33)53/h3-4,7-8,21,23,25-27,29-32,35,39,52-53H,9-20,22,24H2,1-2H3,(H,55,56)(H2,44,45,46)/t29-,31-,32-,35+,39-/m1/s1. The zero-order chi connectivity index (χ0) is 41.2. The number of phenols is 1. The van der Waals surface area contributed by atoms with Crippen LogP contribution in [0, 0.1) is 23.7 Å². The number of amides is 1. The van der Waals surface area contributed by atoms with Gasteiger partial charge < -0.3 is 49.7 Å². The van der Waals surface area contributed by atoms with E-state index in [1.165, 1.54) is 4.90 Å². The highest BCUT2D eigenvalue weighted by atomic mass is 16.5. The normalized spacial score (nSPS) is 23.7. The second-order valence-electron chi connectivity index (χ2n) is 16.8. The minimum atomic E-state index is -1.11. The lowest BCUT2D eigenvalue weighted by atomic mass is 9.91. The van der Waals surface area contributed by atoms with Crippen LogP contribution in [0.3, 0.4) is 0 Å². The molecular formula is C43H54N8O8. The van der Waals surface area contributed by atoms with E-state index in [0.29, 0.717) is 52.5 Å². The smallest absolute Gasteiger partial charge is 0.326 e. The second kappa shape index (κ2) is 17.6. The lowest BCUT2D eigenvalue weighted by Crippen LogP contribution is -2.45. The van der Waals surface area contributed by atoms with E-state index in [9.17, 15) is 24.9 Å². The molecule has 59 heavy (non-hydrogen) atoms. The number of fused-ring (bicyclic) bond motifs is 1. The fourth-order valence-corrected chi connectivity index (χ4v) is 8.90. The van der Waals surface area contributed by atoms with Crippen LogP contribution >= 0.6 is 0 Å². The molecule has 1 saturated carbocycles. The number of anilines is 2. The second-order valence-corrected chi connectivity index (χ2v) is 16.8. The van der Waals surface area contributed by atoms with Crippen molar-refractivity contribution in [1.82, 2.24) is 29.3 Å². The number of carbonyl (C=O) groups excluding carboxylic acids is 1. The Labute approximate surface area is 343 Å². The predicted octanol–water partition coefficient (Wildman–Crippen LogP) is 3.75. The van der Waals surface area contributed by atoms with Crippen molar-refractivity contribution >= 4 is 29.3 Å². The quantitative estimate of drug-likeness (QED) is 0.151. The number of imidazole rings is 1. The minimum absolute atomic E-state index is 0.00182. The number of rotatable bonds is 12. The molecule has 16 heteroatoms. The van der Waals surface area contributed by atoms with Crippen molar-refractivity contribution in [2.24, 2.45) is 11.8 Å². The highest BCUT2D eigenvalue weighted by molar-refractivity contribution is 5.88. The molecule has 0 spiro atoms. The molecule has 6 heterocycles. The molecular weight excluding hydrogens is 757 g/mol. The highest BCUT2D eigenvalue weighted by Gasteiger charge is 2.43. The van der Waals surface area contributed by atoms with Gasteiger partial charge in [-0.2, -0.15) is 4.98 Å². The molecule has 3 atom stereocenters. The number of carbonyl (C=O) groups is 2. The van der Waals surface area contributed by atoms with Crippen molar-refractivity contribution in [3.8, 4) is 28.8 Å². The zero-order valence-corrected chi connectivity index (χ0v) is 33.7. The van der Waals surface area contributed by atoms with Crippen LogP contribution in [0.4, 0.5) is 11.6 Å². The molecule has 16 nitrogen and oxygen atoms in total. The van der Waals surface area contributed by atoms with E-state index < -0.39 is 24.0 Å². The van der Waals surface area contributed by atoms with Crippen molar-refractivity contribution in [2.75, 3.05) is 56.5 Å². The van der Waals surface area contributed by atoms with E-state index in [4.69, 9.17) is 19.7 Å². The van der Waals surface area contributed by atoms with Crippen molar-refractivity contribution in [3.05, 3.63) is 54.0 Å². The average molecular weight is 811 g/mol. The molecule has 8 rings (SSSR count). The van der Waals surface area contributed by atoms with Crippen LogP contribution in [-0.2, 0) is 19.1 Å². The molecule has 0 radical (unpaired) electrons. The number of piperidine rings is 2. The first-order chi connectivity index (χ1) is 28.5. The molecule has 0 unspecified atom stereocenters. The number of benzene rings is 1. The number of nitrogens with two attached hydrogens (primary N) is 1. The van der Waals surface area contributed by atoms with Gasteiger partial charge in [0.05, 0.1) is 35.7 Å². The third-order valence-electron chi connectivity index (χ3n) is 12.3. The van der Waals surface area contributed by atoms with Gasteiger partial charge in [0, 0.05) is 82.6 Å². The molecule has 3 aliphatic heterocycles. The van der Waals surface area contributed by atoms with Gasteiger partial charge in [0.25, 0.3) is 0 Å². The van der Waals surface area contributed by atoms with Crippen molar-refractivity contribution in [1.29, 1.82) is 0 Å². The van der Waals surface area contributed by atoms with Crippen LogP contribution in [0.1, 0.15) is 76.0 Å². The van der Waals surface area contributed by atoms with Gasteiger partial charge in [-0.3, -0.25) is 9.20 Å². The summed E-state index contributed by atoms with van der Waals surface area (Å²) in [6, 6.07) is 7.81. The van der Waals surface area contributed by atoms with E-state index in [-0.39, 0.29) is 48.9 Å². The minimum Gasteiger partial charge on any atom is -0.507 e. The molecule has 1 aromatic carbocycles. The number of hydrogen-bond acceptors (Lipinski definition) is 13. The maximum atomic E-state index is 13.5. The van der Waals surface area contributed by atoms with E-state index in [2.05, 4.69) is 36.8 Å². The lowest BCUT2D eigenvalue weighted by molar-refractivity contribution is -0.149. The molecule has 0 bridgehead atoms. The number of aromatic hydroxyl groups is 1. The number of para-hydroxylation sites is 1. The number of ether oxygens (including phenoxy) is 2. The molecule has 314 valence electrons. The SMILES string of the molecule is CC(C)[C@@H](C(=O)N1C[C@H](O)C[C@H]1C(=O)O)c1cc(N2CCC(CN3CCC(O[C@H]4C[C@H](OCC#Cc5cn6cc(-c7ccccc7O)nc6nc5N)C4)CC3)CC2)no1. The van der Waals surface area contributed by atoms with Crippen LogP contribution < -0.4 is 10.6 Å². The molecule has 4 aromatic rings. The monoisotopic (exact) mass is 810 g/mol. The summed E-state index contributed by atoms with van der Waals surface area (Å²) < 4.78 is 19.9. The number of carboxylic acids is 1. The molecule has 4 fully saturated rings. The van der Waals surface area contributed by atoms with Gasteiger partial charge in [0.15, 0.2) is 11.6 Å². The summed E-state index contributed by atoms with van der Waals surface area (Å²) in [5.74, 6) is 6.46. The van der Waals surface area contributed by atoms with Gasteiger partial charge in [-0.25, -0.2) is 9.78 Å². The highest BCUT2D eigenvalue weighted by Crippen LogP contribution is 2.35. The first-order valence-electron chi connectivity index (χ1n) is 20.8. The number of aromatic nitrogens is 4. The van der Waals surface area contributed by atoms with Crippen LogP contribution in [0.2, 0.25) is 0 Å². The number of phenolic OH excluding ortho intramolecular Hbond substituents is 1. The average Bonchev–Trinajstić information content (AvgIpc) is 3.95. The number of likely N-dealkylation sites (tertiary alicyclic amines) is 2. The fourth-order valence-electron chi connectivity index (χ4n) is 8.90. The van der Waals surface area contributed by atoms with Gasteiger partial charge in [0.2, 0.25) is 11.7 Å². The number of aliphatic carboxylic acids is 1. The molecule has 3 aromatic heterocycles. The molecule has 5 N–H and O–H groups in total. The molecule has 3 saturated heterocycles. The molecule has 4 aliphatic rings. The van der Waals surface area contributed by atoms with E-state index in [1.807, 2.05) is 26.0 Å². The number of β-amino-alcohol motifs (C(OH)–C–C–N with tert-alkyl or cyclic N) is 1. The van der Waals surface area contributed by atoms with Gasteiger partial charge in [0.1, 0.15) is 30.1 Å². The Balaban J connectivity index is 0.724. The van der Waals surface area contributed by atoms with Crippen LogP contribution in [0.25, 0.3) is 17.0 Å². The fraction of sp³-hybridized carbons (Fsp3) is 0.558. The Morgan fingerprint density at radius 2 is 1.76 bits per heavy atom. The molecule has 1 amide bonds. The number of hydrogen-bond donors (Lipinski definition) is 4. The number of nitrogen functional groups attached to an aromatic ring is 1. The summed E-state index contributed by atoms with van der Waals surface area (Å²) in [5, 5.41) is 34.2. The number of nitrogens with zero attached hydrogens (tertiary/aromatic N) is 7. The maximum absolute atomic E-state index is 13.5. The third-order valence-corrected chi connectivity index (χ3v) is 12.3. The van der Waals surface area contributed by atoms with Gasteiger partial charge >= 0.3 is 5.97 Å². The Hall–Kier alpha value is -5.21. The van der Waals surface area contributed by atoms with Gasteiger partial charge in [-0.15, -0.1) is 0 Å². The summed E-state index contributed by atoms with van der Waals surface area (Å²) in [6.45, 7) is 8.93. The van der Waals surface area contributed by atoms with Crippen LogP contribution in [0.15, 0.2) is 47.2 Å². The molecule has 1 aliphatic carbocycles. The van der Waals surface area contributed by atoms with Crippen LogP contribution in [0.5, 0.6) is 5.75 Å². The first-order valence-corrected chi connectivity index (χ1v) is 20.8. The largest absolute Gasteiger partial charge is 0.507 e. The topological polar surface area (TPSA) is 205 Å². The number of aliphatic hydroxyl groups is 1. The Bertz CT molecular complexity index is 2170. The van der Waals surface area contributed by atoms with Gasteiger partial charge in [-0.1, -0.05) is 43.0 Å². The zero-order valence-electron chi connectivity index (χ0n) is 33.7. The summed E-state index contributed by atoms with van der Waals surface area (Å²) in [7, 11) is 0. The summed E-state index contributed by atoms with van der Waals surface area (Å²) in [5.41, 5.74) is 7.97. The number of carboxylic acid groups (broad SMARTS) is 1. The van der Waals surface area contributed by atoms with E-state index in [0.717, 1.165) is 71.2 Å². The van der Waals surface area contributed by atoms with Crippen molar-refractivity contribution in [2.45, 2.75) is 95.2 Å². The Morgan fingerprint density at radius 3 is 2.49 bits per heavy atom. The van der Waals surface area contributed by atoms with Crippen molar-refractivity contribution in [3.63, 3.8) is 0 Å². The summed E-state index contributed by atoms with van der Waals surface area (Å²) >= 11 is 0. The lowest BCUT2D eigenvalue weighted by Gasteiger charge is -2.41.